The van der Waals surface area contributed by atoms with Crippen LogP contribution in [-0.4, -0.2) is 4.98 Å². The van der Waals surface area contributed by atoms with Crippen molar-refractivity contribution in [3.05, 3.63) is 58.8 Å². The SMILES string of the molecule is Fc1ccc2c(c1F)CSc1ncccc1C2. The van der Waals surface area contributed by atoms with E-state index in [2.05, 4.69) is 4.98 Å². The molecular formula is C13H9F2NS. The monoisotopic (exact) mass is 249 g/mol. The van der Waals surface area contributed by atoms with E-state index in [-0.39, 0.29) is 0 Å². The predicted molar refractivity (Wildman–Crippen MR) is 63.0 cm³/mol. The summed E-state index contributed by atoms with van der Waals surface area (Å²) in [5.41, 5.74) is 2.39. The van der Waals surface area contributed by atoms with Crippen molar-refractivity contribution in [2.75, 3.05) is 0 Å². The van der Waals surface area contributed by atoms with Crippen LogP contribution in [0.5, 0.6) is 0 Å². The molecule has 86 valence electrons. The second-order valence-corrected chi connectivity index (χ2v) is 4.90. The third-order valence-corrected chi connectivity index (χ3v) is 3.95. The van der Waals surface area contributed by atoms with Gasteiger partial charge < -0.3 is 0 Å². The minimum absolute atomic E-state index is 0.433. The molecule has 0 atom stereocenters. The van der Waals surface area contributed by atoms with Crippen LogP contribution in [0.25, 0.3) is 0 Å². The molecule has 0 spiro atoms. The highest BCUT2D eigenvalue weighted by Crippen LogP contribution is 2.33. The van der Waals surface area contributed by atoms with Crippen molar-refractivity contribution in [3.8, 4) is 0 Å². The van der Waals surface area contributed by atoms with Crippen LogP contribution < -0.4 is 0 Å². The van der Waals surface area contributed by atoms with Crippen molar-refractivity contribution < 1.29 is 8.78 Å². The number of halogens is 2. The maximum atomic E-state index is 13.7. The van der Waals surface area contributed by atoms with Gasteiger partial charge >= 0.3 is 0 Å². The molecule has 0 amide bonds. The van der Waals surface area contributed by atoms with Crippen molar-refractivity contribution in [2.45, 2.75) is 17.2 Å². The van der Waals surface area contributed by atoms with Gasteiger partial charge in [-0.1, -0.05) is 12.1 Å². The van der Waals surface area contributed by atoms with Crippen LogP contribution in [0.4, 0.5) is 8.78 Å². The highest BCUT2D eigenvalue weighted by atomic mass is 32.2. The first kappa shape index (κ1) is 10.7. The molecular weight excluding hydrogens is 240 g/mol. The Morgan fingerprint density at radius 1 is 1.12 bits per heavy atom. The van der Waals surface area contributed by atoms with Gasteiger partial charge in [-0.05, 0) is 23.3 Å². The van der Waals surface area contributed by atoms with Crippen molar-refractivity contribution in [1.82, 2.24) is 4.98 Å². The Morgan fingerprint density at radius 2 is 2.00 bits per heavy atom. The van der Waals surface area contributed by atoms with Gasteiger partial charge in [-0.2, -0.15) is 0 Å². The fourth-order valence-corrected chi connectivity index (χ4v) is 3.04. The first-order valence-corrected chi connectivity index (χ1v) is 6.26. The molecule has 0 unspecified atom stereocenters. The van der Waals surface area contributed by atoms with E-state index in [1.807, 2.05) is 12.1 Å². The van der Waals surface area contributed by atoms with Crippen LogP contribution in [-0.2, 0) is 12.2 Å². The maximum Gasteiger partial charge on any atom is 0.163 e. The zero-order valence-electron chi connectivity index (χ0n) is 8.91. The summed E-state index contributed by atoms with van der Waals surface area (Å²) >= 11 is 1.46. The number of aromatic nitrogens is 1. The number of pyridine rings is 1. The van der Waals surface area contributed by atoms with E-state index >= 15 is 0 Å². The van der Waals surface area contributed by atoms with Crippen LogP contribution in [0, 0.1) is 11.6 Å². The number of thioether (sulfide) groups is 1. The van der Waals surface area contributed by atoms with Gasteiger partial charge in [-0.3, -0.25) is 0 Å². The number of hydrogen-bond donors (Lipinski definition) is 0. The summed E-state index contributed by atoms with van der Waals surface area (Å²) < 4.78 is 26.8. The van der Waals surface area contributed by atoms with Gasteiger partial charge in [0.2, 0.25) is 0 Å². The number of fused-ring (bicyclic) bond motifs is 2. The second kappa shape index (κ2) is 4.11. The molecule has 2 heterocycles. The van der Waals surface area contributed by atoms with Crippen LogP contribution in [0.3, 0.4) is 0 Å². The third-order valence-electron chi connectivity index (χ3n) is 2.88. The van der Waals surface area contributed by atoms with E-state index in [0.717, 1.165) is 16.2 Å². The molecule has 2 aromatic rings. The van der Waals surface area contributed by atoms with Crippen LogP contribution >= 0.6 is 11.8 Å². The molecule has 4 heteroatoms. The number of rotatable bonds is 0. The average Bonchev–Trinajstić information content (AvgIpc) is 2.53. The van der Waals surface area contributed by atoms with Gasteiger partial charge in [0.25, 0.3) is 0 Å². The molecule has 1 aliphatic heterocycles. The van der Waals surface area contributed by atoms with Crippen LogP contribution in [0.1, 0.15) is 16.7 Å². The van der Waals surface area contributed by atoms with Gasteiger partial charge in [0, 0.05) is 23.9 Å². The predicted octanol–water partition coefficient (Wildman–Crippen LogP) is 3.56. The Hall–Kier alpha value is -1.42. The number of benzene rings is 1. The Labute approximate surface area is 102 Å². The van der Waals surface area contributed by atoms with Crippen LogP contribution in [0.2, 0.25) is 0 Å². The highest BCUT2D eigenvalue weighted by Gasteiger charge is 2.19. The molecule has 0 saturated carbocycles. The average molecular weight is 249 g/mol. The smallest absolute Gasteiger partial charge is 0.163 e. The lowest BCUT2D eigenvalue weighted by molar-refractivity contribution is 0.501. The molecule has 1 aromatic heterocycles. The van der Waals surface area contributed by atoms with Crippen molar-refractivity contribution in [2.24, 2.45) is 0 Å². The lowest BCUT2D eigenvalue weighted by Gasteiger charge is -2.06. The summed E-state index contributed by atoms with van der Waals surface area (Å²) in [4.78, 5) is 4.26. The summed E-state index contributed by atoms with van der Waals surface area (Å²) in [6.07, 6.45) is 2.33. The van der Waals surface area contributed by atoms with Gasteiger partial charge in [0.05, 0.1) is 5.03 Å². The lowest BCUT2D eigenvalue weighted by atomic mass is 10.0. The first-order valence-electron chi connectivity index (χ1n) is 5.28. The summed E-state index contributed by atoms with van der Waals surface area (Å²) in [7, 11) is 0. The Balaban J connectivity index is 2.13. The summed E-state index contributed by atoms with van der Waals surface area (Å²) in [6, 6.07) is 6.70. The van der Waals surface area contributed by atoms with Gasteiger partial charge in [0.1, 0.15) is 0 Å². The molecule has 0 bridgehead atoms. The van der Waals surface area contributed by atoms with Crippen molar-refractivity contribution in [3.63, 3.8) is 0 Å². The molecule has 0 fully saturated rings. The fraction of sp³-hybridized carbons (Fsp3) is 0.154. The van der Waals surface area contributed by atoms with Crippen molar-refractivity contribution in [1.29, 1.82) is 0 Å². The maximum absolute atomic E-state index is 13.7. The van der Waals surface area contributed by atoms with Crippen LogP contribution in [0.15, 0.2) is 35.5 Å². The van der Waals surface area contributed by atoms with Gasteiger partial charge in [-0.15, -0.1) is 11.8 Å². The Kier molecular flexibility index (Phi) is 2.59. The second-order valence-electron chi connectivity index (χ2n) is 3.93. The summed E-state index contributed by atoms with van der Waals surface area (Å²) in [6.45, 7) is 0. The molecule has 0 N–H and O–H groups in total. The first-order chi connectivity index (χ1) is 8.25. The molecule has 17 heavy (non-hydrogen) atoms. The molecule has 0 aliphatic carbocycles. The third kappa shape index (κ3) is 1.82. The molecule has 1 aliphatic rings. The standard InChI is InChI=1S/C13H9F2NS/c14-11-4-3-8-6-9-2-1-5-16-13(9)17-7-10(8)12(11)15/h1-5H,6-7H2. The Morgan fingerprint density at radius 3 is 2.88 bits per heavy atom. The number of hydrogen-bond acceptors (Lipinski definition) is 2. The normalized spacial score (nSPS) is 13.8. The quantitative estimate of drug-likeness (QED) is 0.708. The zero-order chi connectivity index (χ0) is 11.8. The summed E-state index contributed by atoms with van der Waals surface area (Å²) in [5, 5.41) is 0.906. The fourth-order valence-electron chi connectivity index (χ4n) is 1.99. The molecule has 0 saturated heterocycles. The largest absolute Gasteiger partial charge is 0.250 e. The molecule has 3 rings (SSSR count). The van der Waals surface area contributed by atoms with Crippen molar-refractivity contribution >= 4 is 11.8 Å². The molecule has 0 radical (unpaired) electrons. The van der Waals surface area contributed by atoms with E-state index in [0.29, 0.717) is 17.7 Å². The molecule has 1 aromatic carbocycles. The van der Waals surface area contributed by atoms with E-state index in [9.17, 15) is 8.78 Å². The minimum atomic E-state index is -0.775. The van der Waals surface area contributed by atoms with E-state index in [4.69, 9.17) is 0 Å². The topological polar surface area (TPSA) is 12.9 Å². The van der Waals surface area contributed by atoms with Gasteiger partial charge in [0.15, 0.2) is 11.6 Å². The van der Waals surface area contributed by atoms with E-state index in [1.165, 1.54) is 17.8 Å². The van der Waals surface area contributed by atoms with E-state index < -0.39 is 11.6 Å². The van der Waals surface area contributed by atoms with E-state index in [1.54, 1.807) is 12.3 Å². The summed E-state index contributed by atoms with van der Waals surface area (Å²) in [5.74, 6) is -1.06. The highest BCUT2D eigenvalue weighted by molar-refractivity contribution is 7.98. The molecule has 1 nitrogen and oxygen atoms in total. The van der Waals surface area contributed by atoms with Gasteiger partial charge in [-0.25, -0.2) is 13.8 Å². The number of nitrogens with zero attached hydrogens (tertiary/aromatic N) is 1. The minimum Gasteiger partial charge on any atom is -0.250 e. The lowest BCUT2D eigenvalue weighted by Crippen LogP contribution is -1.98. The zero-order valence-corrected chi connectivity index (χ0v) is 9.73. The Bertz CT molecular complexity index is 584.